The van der Waals surface area contributed by atoms with Gasteiger partial charge in [-0.05, 0) is 50.4 Å². The molecule has 34 heavy (non-hydrogen) atoms. The monoisotopic (exact) mass is 471 g/mol. The van der Waals surface area contributed by atoms with Crippen molar-refractivity contribution in [1.29, 1.82) is 5.26 Å². The van der Waals surface area contributed by atoms with Gasteiger partial charge in [0.25, 0.3) is 0 Å². The Kier molecular flexibility index (Phi) is 10.2. The maximum absolute atomic E-state index is 9.96. The van der Waals surface area contributed by atoms with E-state index in [1.165, 1.54) is 5.57 Å². The first-order valence-electron chi connectivity index (χ1n) is 12.2. The third-order valence-corrected chi connectivity index (χ3v) is 6.28. The molecule has 1 aromatic rings. The fraction of sp³-hybridized carbons (Fsp3) is 0.577. The van der Waals surface area contributed by atoms with Crippen LogP contribution in [0.15, 0.2) is 36.1 Å². The second-order valence-electron chi connectivity index (χ2n) is 8.92. The lowest BCUT2D eigenvalue weighted by Crippen LogP contribution is -2.53. The number of rotatable bonds is 11. The Labute approximate surface area is 202 Å². The van der Waals surface area contributed by atoms with Gasteiger partial charge in [-0.25, -0.2) is 0 Å². The molecule has 1 saturated heterocycles. The second-order valence-corrected chi connectivity index (χ2v) is 8.92. The highest BCUT2D eigenvalue weighted by Gasteiger charge is 2.32. The molecule has 0 spiro atoms. The van der Waals surface area contributed by atoms with Gasteiger partial charge in [0.15, 0.2) is 5.76 Å². The number of ether oxygens (including phenoxy) is 2. The fourth-order valence-electron chi connectivity index (χ4n) is 4.42. The van der Waals surface area contributed by atoms with Crippen molar-refractivity contribution in [3.05, 3.63) is 47.2 Å². The van der Waals surface area contributed by atoms with Gasteiger partial charge in [0.05, 0.1) is 30.4 Å². The molecule has 1 aromatic carbocycles. The highest BCUT2D eigenvalue weighted by atomic mass is 16.6. The first-order valence-corrected chi connectivity index (χ1v) is 12.2. The SMILES string of the molecule is CCC/C(=C\CCCN1C[C@H](O)[C@@H](O)C[C@H]1CO)CNc1cc(C#N)cc(C2=COCCO2)c1. The number of nitriles is 1. The number of likely N-dealkylation sites (tertiary alicyclic amines) is 1. The minimum Gasteiger partial charge on any atom is -0.494 e. The van der Waals surface area contributed by atoms with E-state index in [0.717, 1.165) is 43.5 Å². The van der Waals surface area contributed by atoms with Gasteiger partial charge in [-0.15, -0.1) is 0 Å². The molecule has 8 nitrogen and oxygen atoms in total. The third-order valence-electron chi connectivity index (χ3n) is 6.28. The molecule has 8 heteroatoms. The van der Waals surface area contributed by atoms with Gasteiger partial charge in [-0.2, -0.15) is 5.26 Å². The molecule has 2 aliphatic rings. The number of hydrogen-bond acceptors (Lipinski definition) is 8. The molecule has 0 saturated carbocycles. The lowest BCUT2D eigenvalue weighted by Gasteiger charge is -2.39. The average Bonchev–Trinajstić information content (AvgIpc) is 2.87. The molecule has 2 heterocycles. The summed E-state index contributed by atoms with van der Waals surface area (Å²) in [5.41, 5.74) is 3.53. The summed E-state index contributed by atoms with van der Waals surface area (Å²) in [5.74, 6) is 0.632. The van der Waals surface area contributed by atoms with E-state index in [2.05, 4.69) is 29.3 Å². The van der Waals surface area contributed by atoms with E-state index in [-0.39, 0.29) is 12.6 Å². The zero-order chi connectivity index (χ0) is 24.3. The van der Waals surface area contributed by atoms with E-state index >= 15 is 0 Å². The van der Waals surface area contributed by atoms with E-state index in [0.29, 0.717) is 44.0 Å². The number of β-amino-alcohol motifs (C(OH)–C–C–N with tert-alkyl or cyclic N) is 1. The Morgan fingerprint density at radius 1 is 1.26 bits per heavy atom. The number of aliphatic hydroxyl groups excluding tert-OH is 3. The van der Waals surface area contributed by atoms with Crippen LogP contribution >= 0.6 is 0 Å². The van der Waals surface area contributed by atoms with Crippen LogP contribution in [0.25, 0.3) is 5.76 Å². The summed E-state index contributed by atoms with van der Waals surface area (Å²) in [6.07, 6.45) is 6.56. The van der Waals surface area contributed by atoms with Gasteiger partial charge in [0.1, 0.15) is 19.5 Å². The molecule has 3 rings (SSSR count). The van der Waals surface area contributed by atoms with Crippen molar-refractivity contribution in [2.75, 3.05) is 44.8 Å². The summed E-state index contributed by atoms with van der Waals surface area (Å²) in [7, 11) is 0. The van der Waals surface area contributed by atoms with Crippen molar-refractivity contribution in [2.45, 2.75) is 57.3 Å². The van der Waals surface area contributed by atoms with Crippen LogP contribution in [0.5, 0.6) is 0 Å². The molecule has 0 bridgehead atoms. The molecule has 0 unspecified atom stereocenters. The number of nitrogens with one attached hydrogen (secondary N) is 1. The predicted octanol–water partition coefficient (Wildman–Crippen LogP) is 2.61. The van der Waals surface area contributed by atoms with E-state index in [1.807, 2.05) is 12.1 Å². The van der Waals surface area contributed by atoms with Crippen molar-refractivity contribution >= 4 is 11.4 Å². The molecule has 0 amide bonds. The molecule has 186 valence electrons. The Morgan fingerprint density at radius 3 is 2.82 bits per heavy atom. The lowest BCUT2D eigenvalue weighted by molar-refractivity contribution is -0.0708. The van der Waals surface area contributed by atoms with Crippen molar-refractivity contribution in [1.82, 2.24) is 4.90 Å². The van der Waals surface area contributed by atoms with Crippen LogP contribution in [0, 0.1) is 11.3 Å². The van der Waals surface area contributed by atoms with Crippen LogP contribution in [0.3, 0.4) is 0 Å². The molecular formula is C26H37N3O5. The molecule has 0 aliphatic carbocycles. The predicted molar refractivity (Wildman–Crippen MR) is 131 cm³/mol. The number of hydrogen-bond donors (Lipinski definition) is 4. The number of allylic oxidation sites excluding steroid dienone is 1. The maximum Gasteiger partial charge on any atom is 0.161 e. The third kappa shape index (κ3) is 7.47. The van der Waals surface area contributed by atoms with Crippen molar-refractivity contribution in [2.24, 2.45) is 0 Å². The molecule has 4 N–H and O–H groups in total. The first-order chi connectivity index (χ1) is 16.5. The van der Waals surface area contributed by atoms with Crippen LogP contribution in [0.4, 0.5) is 5.69 Å². The van der Waals surface area contributed by atoms with E-state index < -0.39 is 12.2 Å². The number of anilines is 1. The summed E-state index contributed by atoms with van der Waals surface area (Å²) in [6.45, 7) is 5.01. The summed E-state index contributed by atoms with van der Waals surface area (Å²) < 4.78 is 11.0. The minimum absolute atomic E-state index is 0.0115. The number of nitrogens with zero attached hydrogens (tertiary/aromatic N) is 2. The minimum atomic E-state index is -0.760. The highest BCUT2D eigenvalue weighted by molar-refractivity contribution is 5.66. The van der Waals surface area contributed by atoms with Crippen molar-refractivity contribution in [3.8, 4) is 6.07 Å². The maximum atomic E-state index is 9.96. The molecular weight excluding hydrogens is 434 g/mol. The first kappa shape index (κ1) is 26.0. The van der Waals surface area contributed by atoms with Gasteiger partial charge >= 0.3 is 0 Å². The molecule has 0 radical (unpaired) electrons. The summed E-state index contributed by atoms with van der Waals surface area (Å²) in [4.78, 5) is 2.07. The van der Waals surface area contributed by atoms with Crippen LogP contribution < -0.4 is 5.32 Å². The highest BCUT2D eigenvalue weighted by Crippen LogP contribution is 2.24. The fourth-order valence-corrected chi connectivity index (χ4v) is 4.42. The van der Waals surface area contributed by atoms with Gasteiger partial charge < -0.3 is 30.1 Å². The van der Waals surface area contributed by atoms with Crippen molar-refractivity contribution < 1.29 is 24.8 Å². The van der Waals surface area contributed by atoms with E-state index in [9.17, 15) is 20.6 Å². The van der Waals surface area contributed by atoms with Gasteiger partial charge in [-0.3, -0.25) is 4.90 Å². The van der Waals surface area contributed by atoms with Crippen LogP contribution in [0.2, 0.25) is 0 Å². The Balaban J connectivity index is 1.56. The van der Waals surface area contributed by atoms with Crippen LogP contribution in [-0.2, 0) is 9.47 Å². The molecule has 3 atom stereocenters. The van der Waals surface area contributed by atoms with Crippen molar-refractivity contribution in [3.63, 3.8) is 0 Å². The van der Waals surface area contributed by atoms with Gasteiger partial charge in [0.2, 0.25) is 0 Å². The van der Waals surface area contributed by atoms with Gasteiger partial charge in [-0.1, -0.05) is 25.0 Å². The molecule has 1 fully saturated rings. The van der Waals surface area contributed by atoms with E-state index in [1.54, 1.807) is 12.3 Å². The zero-order valence-electron chi connectivity index (χ0n) is 19.9. The number of aliphatic hydroxyl groups is 3. The average molecular weight is 472 g/mol. The standard InChI is InChI=1S/C26H37N3O5/c1-2-5-19(6-3-4-7-29-16-25(32)24(31)13-23(29)17-30)15-28-22-11-20(14-27)10-21(12-22)26-18-33-8-9-34-26/h6,10-12,18,23-25,28,30-32H,2-5,7-9,13,15-17H2,1H3/b19-6+/t23-,24-,25-/m0/s1. The largest absolute Gasteiger partial charge is 0.494 e. The van der Waals surface area contributed by atoms with Crippen LogP contribution in [0.1, 0.15) is 50.2 Å². The topological polar surface area (TPSA) is 118 Å². The Bertz CT molecular complexity index is 895. The van der Waals surface area contributed by atoms with Crippen LogP contribution in [-0.4, -0.2) is 77.9 Å². The number of piperidine rings is 1. The number of benzene rings is 1. The lowest BCUT2D eigenvalue weighted by atomic mass is 9.97. The number of unbranched alkanes of at least 4 members (excludes halogenated alkanes) is 1. The summed E-state index contributed by atoms with van der Waals surface area (Å²) in [6, 6.07) is 7.71. The summed E-state index contributed by atoms with van der Waals surface area (Å²) >= 11 is 0. The smallest absolute Gasteiger partial charge is 0.161 e. The Morgan fingerprint density at radius 2 is 2.12 bits per heavy atom. The second kappa shape index (κ2) is 13.4. The normalized spacial score (nSPS) is 23.4. The molecule has 2 aliphatic heterocycles. The molecule has 0 aromatic heterocycles. The zero-order valence-corrected chi connectivity index (χ0v) is 19.9. The van der Waals surface area contributed by atoms with E-state index in [4.69, 9.17) is 9.47 Å². The van der Waals surface area contributed by atoms with Gasteiger partial charge in [0, 0.05) is 30.4 Å². The quantitative estimate of drug-likeness (QED) is 0.287. The summed E-state index contributed by atoms with van der Waals surface area (Å²) in [5, 5.41) is 42.3. The Hall–Kier alpha value is -2.57.